The third-order valence-corrected chi connectivity index (χ3v) is 3.97. The van der Waals surface area contributed by atoms with Gasteiger partial charge < -0.3 is 19.3 Å². The lowest BCUT2D eigenvalue weighted by Gasteiger charge is -2.20. The maximum Gasteiger partial charge on any atom is 0.274 e. The second kappa shape index (κ2) is 7.33. The molecule has 8 heteroatoms. The summed E-state index contributed by atoms with van der Waals surface area (Å²) in [5, 5.41) is 7.76. The van der Waals surface area contributed by atoms with Gasteiger partial charge in [0.05, 0.1) is 13.7 Å². The summed E-state index contributed by atoms with van der Waals surface area (Å²) in [6.07, 6.45) is 2.42. The van der Waals surface area contributed by atoms with E-state index in [1.807, 2.05) is 31.1 Å². The van der Waals surface area contributed by atoms with Crippen LogP contribution < -0.4 is 14.4 Å². The number of nitrogens with zero attached hydrogens (tertiary/aromatic N) is 5. The van der Waals surface area contributed by atoms with Gasteiger partial charge in [0.1, 0.15) is 6.10 Å². The van der Waals surface area contributed by atoms with Crippen LogP contribution in [0.1, 0.15) is 16.9 Å². The maximum absolute atomic E-state index is 12.5. The van der Waals surface area contributed by atoms with E-state index in [4.69, 9.17) is 9.47 Å². The molecule has 0 aliphatic carbocycles. The van der Waals surface area contributed by atoms with E-state index >= 15 is 0 Å². The molecule has 0 saturated carbocycles. The van der Waals surface area contributed by atoms with Crippen molar-refractivity contribution in [1.29, 1.82) is 0 Å². The van der Waals surface area contributed by atoms with Crippen molar-refractivity contribution in [3.63, 3.8) is 0 Å². The van der Waals surface area contributed by atoms with Crippen LogP contribution in [0.5, 0.6) is 11.6 Å². The average Bonchev–Trinajstić information content (AvgIpc) is 3.10. The highest BCUT2D eigenvalue weighted by Crippen LogP contribution is 2.27. The molecule has 0 bridgehead atoms. The first-order valence-corrected chi connectivity index (χ1v) is 8.04. The van der Waals surface area contributed by atoms with E-state index in [0.717, 1.165) is 18.0 Å². The van der Waals surface area contributed by atoms with Gasteiger partial charge >= 0.3 is 0 Å². The minimum Gasteiger partial charge on any atom is -0.485 e. The normalized spacial score (nSPS) is 16.6. The molecule has 3 heterocycles. The molecule has 3 rings (SSSR count). The van der Waals surface area contributed by atoms with Crippen molar-refractivity contribution in [2.45, 2.75) is 12.5 Å². The van der Waals surface area contributed by atoms with Crippen molar-refractivity contribution in [1.82, 2.24) is 20.1 Å². The minimum absolute atomic E-state index is 0.0712. The van der Waals surface area contributed by atoms with Gasteiger partial charge in [0.15, 0.2) is 17.3 Å². The van der Waals surface area contributed by atoms with E-state index in [1.165, 1.54) is 7.11 Å². The summed E-state index contributed by atoms with van der Waals surface area (Å²) in [6.45, 7) is 1.13. The van der Waals surface area contributed by atoms with Crippen LogP contribution in [0.3, 0.4) is 0 Å². The quantitative estimate of drug-likeness (QED) is 0.808. The Balaban J connectivity index is 1.64. The van der Waals surface area contributed by atoms with Crippen molar-refractivity contribution in [2.75, 3.05) is 39.2 Å². The molecule has 0 aromatic carbocycles. The highest BCUT2D eigenvalue weighted by molar-refractivity contribution is 5.92. The van der Waals surface area contributed by atoms with Crippen LogP contribution in [-0.2, 0) is 0 Å². The summed E-state index contributed by atoms with van der Waals surface area (Å²) >= 11 is 0. The largest absolute Gasteiger partial charge is 0.485 e. The predicted octanol–water partition coefficient (Wildman–Crippen LogP) is 1.24. The number of carbonyl (C=O) groups excluding carboxylic acids is 1. The van der Waals surface area contributed by atoms with Crippen LogP contribution in [0.25, 0.3) is 0 Å². The van der Waals surface area contributed by atoms with Gasteiger partial charge in [-0.05, 0) is 18.2 Å². The zero-order valence-electron chi connectivity index (χ0n) is 14.5. The zero-order valence-corrected chi connectivity index (χ0v) is 14.5. The number of amides is 1. The summed E-state index contributed by atoms with van der Waals surface area (Å²) in [4.78, 5) is 20.5. The molecular weight excluding hydrogens is 322 g/mol. The predicted molar refractivity (Wildman–Crippen MR) is 92.1 cm³/mol. The number of hydrogen-bond donors (Lipinski definition) is 0. The molecule has 0 radical (unpaired) electrons. The van der Waals surface area contributed by atoms with Gasteiger partial charge in [0.2, 0.25) is 5.88 Å². The molecule has 2 aromatic rings. The topological polar surface area (TPSA) is 80.7 Å². The minimum atomic E-state index is -0.153. The van der Waals surface area contributed by atoms with Crippen LogP contribution >= 0.6 is 0 Å². The molecule has 1 fully saturated rings. The van der Waals surface area contributed by atoms with Crippen molar-refractivity contribution < 1.29 is 14.3 Å². The fraction of sp³-hybridized carbons (Fsp3) is 0.412. The van der Waals surface area contributed by atoms with E-state index in [2.05, 4.69) is 15.2 Å². The molecular formula is C17H21N5O3. The van der Waals surface area contributed by atoms with E-state index in [9.17, 15) is 4.79 Å². The zero-order chi connectivity index (χ0) is 17.8. The molecule has 1 atom stereocenters. The SMILES string of the molecule is COc1ccc(C(=O)N2CC[C@H](Oc3cccnc3N(C)C)C2)nn1. The summed E-state index contributed by atoms with van der Waals surface area (Å²) < 4.78 is 11.0. The Morgan fingerprint density at radius 3 is 2.80 bits per heavy atom. The average molecular weight is 343 g/mol. The number of carbonyl (C=O) groups is 1. The molecule has 8 nitrogen and oxygen atoms in total. The van der Waals surface area contributed by atoms with E-state index < -0.39 is 0 Å². The third kappa shape index (κ3) is 3.78. The Labute approximate surface area is 146 Å². The maximum atomic E-state index is 12.5. The van der Waals surface area contributed by atoms with E-state index in [1.54, 1.807) is 23.2 Å². The Bertz CT molecular complexity index is 735. The van der Waals surface area contributed by atoms with Crippen LogP contribution in [-0.4, -0.2) is 66.4 Å². The first-order chi connectivity index (χ1) is 12.1. The lowest BCUT2D eigenvalue weighted by atomic mass is 10.3. The first-order valence-electron chi connectivity index (χ1n) is 8.04. The number of pyridine rings is 1. The first kappa shape index (κ1) is 16.9. The lowest BCUT2D eigenvalue weighted by Crippen LogP contribution is -2.31. The number of aromatic nitrogens is 3. The number of likely N-dealkylation sites (tertiary alicyclic amines) is 1. The Morgan fingerprint density at radius 2 is 2.12 bits per heavy atom. The number of hydrogen-bond acceptors (Lipinski definition) is 7. The van der Waals surface area contributed by atoms with Crippen LogP contribution in [0.15, 0.2) is 30.5 Å². The van der Waals surface area contributed by atoms with Gasteiger partial charge in [-0.3, -0.25) is 4.79 Å². The molecule has 25 heavy (non-hydrogen) atoms. The van der Waals surface area contributed by atoms with Gasteiger partial charge in [-0.2, -0.15) is 0 Å². The number of methoxy groups -OCH3 is 1. The molecule has 2 aromatic heterocycles. The Morgan fingerprint density at radius 1 is 1.28 bits per heavy atom. The van der Waals surface area contributed by atoms with Crippen molar-refractivity contribution in [3.05, 3.63) is 36.2 Å². The fourth-order valence-electron chi connectivity index (χ4n) is 2.70. The van der Waals surface area contributed by atoms with E-state index in [-0.39, 0.29) is 12.0 Å². The Kier molecular flexibility index (Phi) is 4.97. The van der Waals surface area contributed by atoms with Gasteiger partial charge in [-0.1, -0.05) is 0 Å². The summed E-state index contributed by atoms with van der Waals surface area (Å²) in [5.74, 6) is 1.72. The smallest absolute Gasteiger partial charge is 0.274 e. The number of rotatable bonds is 5. The molecule has 0 unspecified atom stereocenters. The molecule has 1 aliphatic heterocycles. The fourth-order valence-corrected chi connectivity index (χ4v) is 2.70. The van der Waals surface area contributed by atoms with Gasteiger partial charge in [-0.15, -0.1) is 10.2 Å². The number of anilines is 1. The van der Waals surface area contributed by atoms with Crippen molar-refractivity contribution in [2.24, 2.45) is 0 Å². The molecule has 1 aliphatic rings. The van der Waals surface area contributed by atoms with Gasteiger partial charge in [0, 0.05) is 39.3 Å². The molecule has 1 amide bonds. The number of ether oxygens (including phenoxy) is 2. The van der Waals surface area contributed by atoms with Crippen molar-refractivity contribution in [3.8, 4) is 11.6 Å². The standard InChI is InChI=1S/C17H21N5O3/c1-21(2)16-14(5-4-9-18-16)25-12-8-10-22(11-12)17(23)13-6-7-15(24-3)20-19-13/h4-7,9,12H,8,10-11H2,1-3H3/t12-/m0/s1. The summed E-state index contributed by atoms with van der Waals surface area (Å²) in [7, 11) is 5.35. The summed E-state index contributed by atoms with van der Waals surface area (Å²) in [6, 6.07) is 6.98. The molecule has 0 spiro atoms. The van der Waals surface area contributed by atoms with Crippen LogP contribution in [0.4, 0.5) is 5.82 Å². The van der Waals surface area contributed by atoms with Crippen LogP contribution in [0, 0.1) is 0 Å². The lowest BCUT2D eigenvalue weighted by molar-refractivity contribution is 0.0765. The van der Waals surface area contributed by atoms with Crippen molar-refractivity contribution >= 4 is 11.7 Å². The third-order valence-electron chi connectivity index (χ3n) is 3.97. The summed E-state index contributed by atoms with van der Waals surface area (Å²) in [5.41, 5.74) is 0.303. The second-order valence-corrected chi connectivity index (χ2v) is 5.96. The monoisotopic (exact) mass is 343 g/mol. The molecule has 132 valence electrons. The van der Waals surface area contributed by atoms with Gasteiger partial charge in [0.25, 0.3) is 5.91 Å². The van der Waals surface area contributed by atoms with Gasteiger partial charge in [-0.25, -0.2) is 4.98 Å². The highest BCUT2D eigenvalue weighted by atomic mass is 16.5. The molecule has 1 saturated heterocycles. The second-order valence-electron chi connectivity index (χ2n) is 5.96. The molecule has 0 N–H and O–H groups in total. The van der Waals surface area contributed by atoms with E-state index in [0.29, 0.717) is 24.7 Å². The Hall–Kier alpha value is -2.90. The van der Waals surface area contributed by atoms with Crippen LogP contribution in [0.2, 0.25) is 0 Å². The highest BCUT2D eigenvalue weighted by Gasteiger charge is 2.29.